The van der Waals surface area contributed by atoms with Gasteiger partial charge in [-0.15, -0.1) is 0 Å². The zero-order valence-corrected chi connectivity index (χ0v) is 12.8. The monoisotopic (exact) mass is 364 g/mol. The average molecular weight is 365 g/mol. The summed E-state index contributed by atoms with van der Waals surface area (Å²) in [7, 11) is 0. The molecule has 0 radical (unpaired) electrons. The van der Waals surface area contributed by atoms with Crippen LogP contribution in [0.2, 0.25) is 10.0 Å². The molecule has 1 aromatic carbocycles. The van der Waals surface area contributed by atoms with E-state index in [0.717, 1.165) is 0 Å². The SMILES string of the molecule is O=C(Nc1ccc(OCC(F)(F)F)nc1)c1ccc(Cl)cc1Cl. The maximum atomic E-state index is 12.0. The van der Waals surface area contributed by atoms with Crippen LogP contribution >= 0.6 is 23.2 Å². The molecular formula is C14H9Cl2F3N2O2. The van der Waals surface area contributed by atoms with E-state index in [1.165, 1.54) is 36.5 Å². The fourth-order valence-corrected chi connectivity index (χ4v) is 2.06. The maximum absolute atomic E-state index is 12.0. The van der Waals surface area contributed by atoms with E-state index in [1.807, 2.05) is 0 Å². The van der Waals surface area contributed by atoms with Gasteiger partial charge in [0.05, 0.1) is 22.5 Å². The molecule has 0 saturated carbocycles. The molecule has 23 heavy (non-hydrogen) atoms. The van der Waals surface area contributed by atoms with Gasteiger partial charge in [0, 0.05) is 11.1 Å². The minimum Gasteiger partial charge on any atom is -0.468 e. The molecule has 1 N–H and O–H groups in total. The summed E-state index contributed by atoms with van der Waals surface area (Å²) in [4.78, 5) is 15.7. The Labute approximate surface area is 139 Å². The molecule has 122 valence electrons. The van der Waals surface area contributed by atoms with Crippen molar-refractivity contribution in [1.29, 1.82) is 0 Å². The van der Waals surface area contributed by atoms with Crippen LogP contribution in [0.25, 0.3) is 0 Å². The smallest absolute Gasteiger partial charge is 0.422 e. The summed E-state index contributed by atoms with van der Waals surface area (Å²) >= 11 is 11.7. The van der Waals surface area contributed by atoms with Crippen LogP contribution in [0.5, 0.6) is 5.88 Å². The van der Waals surface area contributed by atoms with Crippen molar-refractivity contribution in [2.45, 2.75) is 6.18 Å². The van der Waals surface area contributed by atoms with Gasteiger partial charge in [-0.25, -0.2) is 4.98 Å². The van der Waals surface area contributed by atoms with Gasteiger partial charge >= 0.3 is 6.18 Å². The number of carbonyl (C=O) groups is 1. The van der Waals surface area contributed by atoms with Crippen molar-refractivity contribution in [3.05, 3.63) is 52.1 Å². The van der Waals surface area contributed by atoms with Crippen molar-refractivity contribution in [3.8, 4) is 5.88 Å². The molecule has 0 atom stereocenters. The van der Waals surface area contributed by atoms with Crippen LogP contribution in [-0.4, -0.2) is 23.7 Å². The zero-order valence-electron chi connectivity index (χ0n) is 11.3. The van der Waals surface area contributed by atoms with Gasteiger partial charge in [0.15, 0.2) is 6.61 Å². The summed E-state index contributed by atoms with van der Waals surface area (Å²) in [6.07, 6.45) is -3.27. The number of nitrogens with one attached hydrogen (secondary N) is 1. The zero-order chi connectivity index (χ0) is 17.0. The van der Waals surface area contributed by atoms with E-state index in [4.69, 9.17) is 23.2 Å². The molecule has 4 nitrogen and oxygen atoms in total. The summed E-state index contributed by atoms with van der Waals surface area (Å²) in [5, 5.41) is 3.07. The topological polar surface area (TPSA) is 51.2 Å². The Hall–Kier alpha value is -1.99. The fraction of sp³-hybridized carbons (Fsp3) is 0.143. The number of carbonyl (C=O) groups excluding carboxylic acids is 1. The Balaban J connectivity index is 2.01. The molecule has 0 bridgehead atoms. The first-order chi connectivity index (χ1) is 10.7. The maximum Gasteiger partial charge on any atom is 0.422 e. The van der Waals surface area contributed by atoms with Gasteiger partial charge in [-0.2, -0.15) is 13.2 Å². The Kier molecular flexibility index (Phi) is 5.33. The largest absolute Gasteiger partial charge is 0.468 e. The van der Waals surface area contributed by atoms with E-state index >= 15 is 0 Å². The van der Waals surface area contributed by atoms with Gasteiger partial charge in [-0.05, 0) is 24.3 Å². The van der Waals surface area contributed by atoms with Crippen molar-refractivity contribution in [1.82, 2.24) is 4.98 Å². The molecule has 0 aliphatic heterocycles. The number of ether oxygens (including phenoxy) is 1. The number of anilines is 1. The third kappa shape index (κ3) is 5.30. The Morgan fingerprint density at radius 2 is 1.96 bits per heavy atom. The van der Waals surface area contributed by atoms with E-state index in [9.17, 15) is 18.0 Å². The number of benzene rings is 1. The molecule has 2 aromatic rings. The lowest BCUT2D eigenvalue weighted by Gasteiger charge is -2.09. The van der Waals surface area contributed by atoms with Crippen molar-refractivity contribution in [3.63, 3.8) is 0 Å². The molecule has 0 aliphatic carbocycles. The van der Waals surface area contributed by atoms with E-state index in [2.05, 4.69) is 15.0 Å². The quantitative estimate of drug-likeness (QED) is 0.863. The van der Waals surface area contributed by atoms with Gasteiger partial charge in [-0.3, -0.25) is 4.79 Å². The minimum absolute atomic E-state index is 0.174. The van der Waals surface area contributed by atoms with Gasteiger partial charge in [0.1, 0.15) is 0 Å². The molecule has 0 fully saturated rings. The predicted molar refractivity (Wildman–Crippen MR) is 80.2 cm³/mol. The number of hydrogen-bond donors (Lipinski definition) is 1. The normalized spacial score (nSPS) is 11.2. The van der Waals surface area contributed by atoms with Crippen LogP contribution in [0.3, 0.4) is 0 Å². The minimum atomic E-state index is -4.44. The Morgan fingerprint density at radius 3 is 2.52 bits per heavy atom. The number of hydrogen-bond acceptors (Lipinski definition) is 3. The van der Waals surface area contributed by atoms with E-state index in [-0.39, 0.29) is 22.2 Å². The van der Waals surface area contributed by atoms with Crippen molar-refractivity contribution >= 4 is 34.8 Å². The van der Waals surface area contributed by atoms with Crippen LogP contribution in [-0.2, 0) is 0 Å². The third-order valence-electron chi connectivity index (χ3n) is 2.55. The second-order valence-corrected chi connectivity index (χ2v) is 5.21. The number of amides is 1. The number of halogens is 5. The molecule has 1 aromatic heterocycles. The molecule has 9 heteroatoms. The molecule has 0 unspecified atom stereocenters. The molecule has 1 heterocycles. The lowest BCUT2D eigenvalue weighted by atomic mass is 10.2. The van der Waals surface area contributed by atoms with Crippen molar-refractivity contribution < 1.29 is 22.7 Å². The second kappa shape index (κ2) is 7.06. The lowest BCUT2D eigenvalue weighted by molar-refractivity contribution is -0.154. The van der Waals surface area contributed by atoms with Crippen LogP contribution < -0.4 is 10.1 Å². The molecule has 0 aliphatic rings. The highest BCUT2D eigenvalue weighted by molar-refractivity contribution is 6.37. The highest BCUT2D eigenvalue weighted by atomic mass is 35.5. The highest BCUT2D eigenvalue weighted by Gasteiger charge is 2.28. The predicted octanol–water partition coefficient (Wildman–Crippen LogP) is 4.58. The van der Waals surface area contributed by atoms with E-state index in [0.29, 0.717) is 5.02 Å². The second-order valence-electron chi connectivity index (χ2n) is 4.37. The first-order valence-corrected chi connectivity index (χ1v) is 6.92. The van der Waals surface area contributed by atoms with Gasteiger partial charge in [-0.1, -0.05) is 23.2 Å². The number of aromatic nitrogens is 1. The Bertz CT molecular complexity index is 706. The van der Waals surface area contributed by atoms with Crippen LogP contribution in [0, 0.1) is 0 Å². The van der Waals surface area contributed by atoms with E-state index in [1.54, 1.807) is 0 Å². The van der Waals surface area contributed by atoms with Gasteiger partial charge in [0.2, 0.25) is 5.88 Å². The van der Waals surface area contributed by atoms with Crippen molar-refractivity contribution in [2.24, 2.45) is 0 Å². The van der Waals surface area contributed by atoms with Crippen LogP contribution in [0.4, 0.5) is 18.9 Å². The first kappa shape index (κ1) is 17.4. The summed E-state index contributed by atoms with van der Waals surface area (Å²) in [5.74, 6) is -0.706. The molecule has 2 rings (SSSR count). The summed E-state index contributed by atoms with van der Waals surface area (Å²) < 4.78 is 40.5. The molecule has 0 spiro atoms. The standard InChI is InChI=1S/C14H9Cl2F3N2O2/c15-8-1-3-10(11(16)5-8)13(22)21-9-2-4-12(20-6-9)23-7-14(17,18)19/h1-6H,7H2,(H,21,22). The van der Waals surface area contributed by atoms with Crippen molar-refractivity contribution in [2.75, 3.05) is 11.9 Å². The summed E-state index contributed by atoms with van der Waals surface area (Å²) in [6.45, 7) is -1.44. The first-order valence-electron chi connectivity index (χ1n) is 6.16. The van der Waals surface area contributed by atoms with Crippen LogP contribution in [0.1, 0.15) is 10.4 Å². The number of alkyl halides is 3. The number of rotatable bonds is 4. The van der Waals surface area contributed by atoms with Gasteiger partial charge < -0.3 is 10.1 Å². The lowest BCUT2D eigenvalue weighted by Crippen LogP contribution is -2.19. The number of nitrogens with zero attached hydrogens (tertiary/aromatic N) is 1. The number of pyridine rings is 1. The van der Waals surface area contributed by atoms with Crippen LogP contribution in [0.15, 0.2) is 36.5 Å². The highest BCUT2D eigenvalue weighted by Crippen LogP contribution is 2.22. The summed E-state index contributed by atoms with van der Waals surface area (Å²) in [6, 6.07) is 6.96. The molecular weight excluding hydrogens is 356 g/mol. The molecule has 0 saturated heterocycles. The third-order valence-corrected chi connectivity index (χ3v) is 3.10. The Morgan fingerprint density at radius 1 is 1.22 bits per heavy atom. The summed E-state index contributed by atoms with van der Waals surface area (Å²) in [5.41, 5.74) is 0.480. The average Bonchev–Trinajstić information content (AvgIpc) is 2.45. The van der Waals surface area contributed by atoms with E-state index < -0.39 is 18.7 Å². The molecule has 1 amide bonds. The fourth-order valence-electron chi connectivity index (χ4n) is 1.57. The van der Waals surface area contributed by atoms with Gasteiger partial charge in [0.25, 0.3) is 5.91 Å².